The van der Waals surface area contributed by atoms with Crippen molar-refractivity contribution >= 4 is 6.21 Å². The van der Waals surface area contributed by atoms with Crippen LogP contribution in [-0.2, 0) is 0 Å². The van der Waals surface area contributed by atoms with Crippen molar-refractivity contribution in [3.8, 4) is 0 Å². The van der Waals surface area contributed by atoms with Gasteiger partial charge in [-0.1, -0.05) is 75.0 Å². The van der Waals surface area contributed by atoms with E-state index >= 15 is 0 Å². The molecule has 4 fully saturated rings. The highest BCUT2D eigenvalue weighted by Gasteiger charge is 2.85. The summed E-state index contributed by atoms with van der Waals surface area (Å²) in [5.74, 6) is 4.11. The van der Waals surface area contributed by atoms with Gasteiger partial charge < -0.3 is 10.2 Å². The summed E-state index contributed by atoms with van der Waals surface area (Å²) in [5, 5.41) is 20.2. The molecule has 0 amide bonds. The summed E-state index contributed by atoms with van der Waals surface area (Å²) in [5.41, 5.74) is 5.67. The van der Waals surface area contributed by atoms with E-state index in [0.29, 0.717) is 53.4 Å². The first-order valence-electron chi connectivity index (χ1n) is 17.4. The van der Waals surface area contributed by atoms with Gasteiger partial charge in [0.1, 0.15) is 0 Å². The molecule has 11 atom stereocenters. The van der Waals surface area contributed by atoms with Crippen LogP contribution in [0, 0.1) is 68.5 Å². The first-order valence-corrected chi connectivity index (χ1v) is 17.4. The summed E-state index contributed by atoms with van der Waals surface area (Å²) in [6.45, 7) is 14.0. The minimum Gasteiger partial charge on any atom is -0.396 e. The molecule has 1 aliphatic heterocycles. The zero-order valence-electron chi connectivity index (χ0n) is 26.3. The van der Waals surface area contributed by atoms with Crippen molar-refractivity contribution in [2.24, 2.45) is 73.5 Å². The smallest absolute Gasteiger partial charge is 0.0576 e. The Morgan fingerprint density at radius 3 is 2.71 bits per heavy atom. The van der Waals surface area contributed by atoms with E-state index in [4.69, 9.17) is 6.58 Å². The first-order chi connectivity index (χ1) is 20.2. The second-order valence-corrected chi connectivity index (χ2v) is 16.9. The van der Waals surface area contributed by atoms with Crippen LogP contribution >= 0.6 is 0 Å². The van der Waals surface area contributed by atoms with Gasteiger partial charge in [-0.15, -0.1) is 0 Å². The molecular formula is C39H53NO2. The molecule has 42 heavy (non-hydrogen) atoms. The van der Waals surface area contributed by atoms with Gasteiger partial charge in [0, 0.05) is 30.3 Å². The van der Waals surface area contributed by atoms with Gasteiger partial charge in [-0.05, 0) is 127 Å². The monoisotopic (exact) mass is 567 g/mol. The van der Waals surface area contributed by atoms with Gasteiger partial charge in [0.05, 0.1) is 6.54 Å². The van der Waals surface area contributed by atoms with Crippen molar-refractivity contribution < 1.29 is 10.2 Å². The standard InChI is InChI=1S/C39H53NO2/c1-25-18-32-36(4)34-30(11-15-39(36)33(25)35(39,2)3)7-8-31-29(6-5-17-41)10-14-38(31,34)24-37(32)13-9-26(21-37)19-28(23-42)20-27-12-16-40-22-27/h7-8,11-12,15,18,22,26,28-31,33-34,41-42H,1,5-6,9-10,13-14,16-17,19-21,23-24H2,2-4H3/t26-,28+,29-,30+,31-,33+,34-,36+,37-,38-,39+/m1/s1. The number of hydrogen-bond acceptors (Lipinski definition) is 3. The normalized spacial score (nSPS) is 49.0. The number of hydrogen-bond donors (Lipinski definition) is 2. The lowest BCUT2D eigenvalue weighted by Gasteiger charge is -2.69. The second kappa shape index (κ2) is 9.16. The summed E-state index contributed by atoms with van der Waals surface area (Å²) in [6.07, 6.45) is 29.7. The largest absolute Gasteiger partial charge is 0.396 e. The molecule has 8 aliphatic rings. The van der Waals surface area contributed by atoms with Crippen molar-refractivity contribution in [1.82, 2.24) is 0 Å². The van der Waals surface area contributed by atoms with Crippen molar-refractivity contribution in [2.75, 3.05) is 19.8 Å². The van der Waals surface area contributed by atoms with Crippen LogP contribution in [-0.4, -0.2) is 36.2 Å². The lowest BCUT2D eigenvalue weighted by molar-refractivity contribution is -0.117. The van der Waals surface area contributed by atoms with Crippen molar-refractivity contribution in [1.29, 1.82) is 0 Å². The average Bonchev–Trinajstić information content (AvgIpc) is 3.49. The maximum atomic E-state index is 10.4. The molecule has 0 saturated heterocycles. The molecule has 0 radical (unpaired) electrons. The zero-order valence-corrected chi connectivity index (χ0v) is 26.3. The van der Waals surface area contributed by atoms with Gasteiger partial charge in [0.15, 0.2) is 0 Å². The number of rotatable bonds is 8. The van der Waals surface area contributed by atoms with Crippen LogP contribution in [0.3, 0.4) is 0 Å². The Kier molecular flexibility index (Phi) is 6.07. The van der Waals surface area contributed by atoms with E-state index in [2.05, 4.69) is 62.2 Å². The molecule has 0 unspecified atom stereocenters. The molecule has 3 nitrogen and oxygen atoms in total. The van der Waals surface area contributed by atoms with Crippen LogP contribution in [0.1, 0.15) is 85.0 Å². The fraction of sp³-hybridized carbons (Fsp3) is 0.718. The molecule has 8 rings (SSSR count). The maximum Gasteiger partial charge on any atom is 0.0576 e. The highest BCUT2D eigenvalue weighted by molar-refractivity contribution is 5.80. The van der Waals surface area contributed by atoms with Gasteiger partial charge in [-0.25, -0.2) is 0 Å². The second-order valence-electron chi connectivity index (χ2n) is 16.9. The average molecular weight is 568 g/mol. The molecule has 0 aromatic heterocycles. The Bertz CT molecular complexity index is 1330. The first kappa shape index (κ1) is 27.8. The van der Waals surface area contributed by atoms with E-state index in [1.807, 2.05) is 6.21 Å². The third-order valence-electron chi connectivity index (χ3n) is 15.0. The summed E-state index contributed by atoms with van der Waals surface area (Å²) >= 11 is 0. The van der Waals surface area contributed by atoms with E-state index < -0.39 is 0 Å². The number of allylic oxidation sites excluding steroid dienone is 8. The fourth-order valence-corrected chi connectivity index (χ4v) is 14.0. The number of fused-ring (bicyclic) bond motifs is 1. The molecule has 0 bridgehead atoms. The number of aliphatic imine (C=N–C) groups is 1. The summed E-state index contributed by atoms with van der Waals surface area (Å²) in [6, 6.07) is 0. The molecule has 0 aromatic rings. The predicted molar refractivity (Wildman–Crippen MR) is 171 cm³/mol. The minimum atomic E-state index is 0.158. The van der Waals surface area contributed by atoms with Crippen LogP contribution in [0.25, 0.3) is 0 Å². The summed E-state index contributed by atoms with van der Waals surface area (Å²) in [7, 11) is 0. The third kappa shape index (κ3) is 3.29. The van der Waals surface area contributed by atoms with Gasteiger partial charge in [0.2, 0.25) is 0 Å². The Labute approximate surface area is 254 Å². The molecular weight excluding hydrogens is 514 g/mol. The van der Waals surface area contributed by atoms with E-state index in [1.54, 1.807) is 5.57 Å². The van der Waals surface area contributed by atoms with Gasteiger partial charge in [-0.2, -0.15) is 0 Å². The molecule has 226 valence electrons. The summed E-state index contributed by atoms with van der Waals surface area (Å²) < 4.78 is 0. The Hall–Kier alpha value is -1.71. The van der Waals surface area contributed by atoms with Crippen molar-refractivity contribution in [3.63, 3.8) is 0 Å². The lowest BCUT2D eigenvalue weighted by Crippen LogP contribution is -2.63. The molecule has 3 heteroatoms. The number of aliphatic hydroxyl groups excluding tert-OH is 2. The number of nitrogens with zero attached hydrogens (tertiary/aromatic N) is 1. The molecule has 2 N–H and O–H groups in total. The van der Waals surface area contributed by atoms with Gasteiger partial charge in [0.25, 0.3) is 0 Å². The molecule has 1 heterocycles. The van der Waals surface area contributed by atoms with E-state index in [0.717, 1.165) is 25.8 Å². The Morgan fingerprint density at radius 1 is 1.10 bits per heavy atom. The topological polar surface area (TPSA) is 52.8 Å². The highest BCUT2D eigenvalue weighted by atomic mass is 16.3. The van der Waals surface area contributed by atoms with Crippen molar-refractivity contribution in [3.05, 3.63) is 59.8 Å². The third-order valence-corrected chi connectivity index (χ3v) is 15.0. The Morgan fingerprint density at radius 2 is 1.95 bits per heavy atom. The van der Waals surface area contributed by atoms with E-state index in [9.17, 15) is 10.2 Å². The van der Waals surface area contributed by atoms with E-state index in [1.165, 1.54) is 56.1 Å². The van der Waals surface area contributed by atoms with Crippen molar-refractivity contribution in [2.45, 2.75) is 85.0 Å². The molecule has 3 spiro atoms. The van der Waals surface area contributed by atoms with Crippen LogP contribution in [0.5, 0.6) is 0 Å². The van der Waals surface area contributed by atoms with Crippen LogP contribution in [0.15, 0.2) is 64.7 Å². The maximum absolute atomic E-state index is 10.4. The quantitative estimate of drug-likeness (QED) is 0.293. The van der Waals surface area contributed by atoms with Gasteiger partial charge in [-0.3, -0.25) is 4.99 Å². The highest BCUT2D eigenvalue weighted by Crippen LogP contribution is 2.91. The summed E-state index contributed by atoms with van der Waals surface area (Å²) in [4.78, 5) is 4.41. The number of aliphatic hydroxyl groups is 2. The zero-order chi connectivity index (χ0) is 29.1. The van der Waals surface area contributed by atoms with Crippen LogP contribution in [0.2, 0.25) is 0 Å². The fourth-order valence-electron chi connectivity index (χ4n) is 14.0. The predicted octanol–water partition coefficient (Wildman–Crippen LogP) is 7.88. The van der Waals surface area contributed by atoms with Gasteiger partial charge >= 0.3 is 0 Å². The van der Waals surface area contributed by atoms with Crippen LogP contribution in [0.4, 0.5) is 0 Å². The molecule has 7 aliphatic carbocycles. The molecule has 0 aromatic carbocycles. The van der Waals surface area contributed by atoms with E-state index in [-0.39, 0.29) is 28.3 Å². The van der Waals surface area contributed by atoms with Crippen LogP contribution < -0.4 is 0 Å². The minimum absolute atomic E-state index is 0.158. The Balaban J connectivity index is 1.21. The molecule has 4 saturated carbocycles. The lowest BCUT2D eigenvalue weighted by atomic mass is 9.34. The SMILES string of the molecule is C=C1C=C2[C@@]3(CC[C@H](C[C@H](CO)CC4=CCN=C4)C3)C[C@]34CC[C@@H](CCCO)[C@H]3C=C[C@H]3C=C[C@@]5([C@@H]1C5(C)C)[C@]2(C)[C@@H]34.